The number of nitrogens with zero attached hydrogens (tertiary/aromatic N) is 3. The Morgan fingerprint density at radius 1 is 1.09 bits per heavy atom. The van der Waals surface area contributed by atoms with E-state index < -0.39 is 23.3 Å². The molecule has 3 aromatic rings. The van der Waals surface area contributed by atoms with Crippen LogP contribution in [-0.2, 0) is 22.6 Å². The smallest absolute Gasteiger partial charge is 0.354 e. The highest BCUT2D eigenvalue weighted by molar-refractivity contribution is 5.71. The molecule has 1 heterocycles. The third-order valence-corrected chi connectivity index (χ3v) is 5.96. The van der Waals surface area contributed by atoms with Crippen LogP contribution in [0.5, 0.6) is 5.75 Å². The van der Waals surface area contributed by atoms with Crippen LogP contribution in [0, 0.1) is 18.8 Å². The van der Waals surface area contributed by atoms with Crippen molar-refractivity contribution in [2.45, 2.75) is 39.8 Å². The van der Waals surface area contributed by atoms with Gasteiger partial charge in [-0.05, 0) is 55.5 Å². The molecule has 1 N–H and O–H groups in total. The van der Waals surface area contributed by atoms with Crippen LogP contribution in [0.25, 0.3) is 0 Å². The van der Waals surface area contributed by atoms with E-state index >= 15 is 0 Å². The number of esters is 1. The summed E-state index contributed by atoms with van der Waals surface area (Å²) in [6.45, 7) is 4.37. The van der Waals surface area contributed by atoms with Crippen molar-refractivity contribution in [2.75, 3.05) is 19.0 Å². The zero-order valence-electron chi connectivity index (χ0n) is 20.2. The first-order valence-electron chi connectivity index (χ1n) is 11.7. The number of nitrogens with one attached hydrogen (secondary N) is 1. The third kappa shape index (κ3) is 6.17. The molecule has 1 fully saturated rings. The number of anilines is 2. The van der Waals surface area contributed by atoms with E-state index in [1.807, 2.05) is 55.5 Å². The largest absolute Gasteiger partial charge is 0.493 e. The fraction of sp³-hybridized carbons (Fsp3) is 0.385. The second kappa shape index (κ2) is 10.6. The number of aromatic nitrogens is 3. The van der Waals surface area contributed by atoms with Crippen LogP contribution < -0.4 is 21.4 Å². The van der Waals surface area contributed by atoms with Crippen LogP contribution in [-0.4, -0.2) is 33.8 Å². The monoisotopic (exact) mass is 478 g/mol. The maximum Gasteiger partial charge on any atom is 0.354 e. The van der Waals surface area contributed by atoms with Gasteiger partial charge < -0.3 is 14.8 Å². The second-order valence-corrected chi connectivity index (χ2v) is 9.01. The molecular formula is C26H30N4O5. The zero-order chi connectivity index (χ0) is 24.9. The normalized spacial score (nSPS) is 13.8. The molecule has 0 amide bonds. The van der Waals surface area contributed by atoms with Gasteiger partial charge in [-0.2, -0.15) is 4.98 Å². The minimum atomic E-state index is -0.738. The van der Waals surface area contributed by atoms with Gasteiger partial charge in [0.25, 0.3) is 0 Å². The van der Waals surface area contributed by atoms with Crippen molar-refractivity contribution in [3.8, 4) is 5.75 Å². The summed E-state index contributed by atoms with van der Waals surface area (Å²) in [6, 6.07) is 15.1. The van der Waals surface area contributed by atoms with Gasteiger partial charge in [0, 0.05) is 12.2 Å². The lowest BCUT2D eigenvalue weighted by Crippen LogP contribution is -2.44. The summed E-state index contributed by atoms with van der Waals surface area (Å²) in [6.07, 6.45) is 2.43. The first-order chi connectivity index (χ1) is 16.8. The first kappa shape index (κ1) is 24.3. The number of methoxy groups -OCH3 is 1. The van der Waals surface area contributed by atoms with Crippen LogP contribution in [0.2, 0.25) is 0 Å². The minimum Gasteiger partial charge on any atom is -0.493 e. The molecule has 2 aromatic carbocycles. The molecule has 9 heteroatoms. The molecular weight excluding hydrogens is 448 g/mol. The molecule has 0 saturated heterocycles. The molecule has 0 radical (unpaired) electrons. The Balaban J connectivity index is 1.64. The van der Waals surface area contributed by atoms with Gasteiger partial charge in [-0.3, -0.25) is 9.36 Å². The quantitative estimate of drug-likeness (QED) is 0.447. The Labute approximate surface area is 203 Å². The summed E-state index contributed by atoms with van der Waals surface area (Å²) < 4.78 is 12.9. The van der Waals surface area contributed by atoms with Gasteiger partial charge in [0.15, 0.2) is 0 Å². The first-order valence-corrected chi connectivity index (χ1v) is 11.7. The van der Waals surface area contributed by atoms with Crippen LogP contribution in [0.4, 0.5) is 11.6 Å². The van der Waals surface area contributed by atoms with E-state index in [0.29, 0.717) is 18.2 Å². The molecule has 1 aliphatic carbocycles. The maximum absolute atomic E-state index is 13.4. The summed E-state index contributed by atoms with van der Waals surface area (Å²) in [5, 5.41) is 3.10. The molecule has 0 bridgehead atoms. The Hall–Kier alpha value is -3.88. The number of hydrogen-bond acceptors (Lipinski definition) is 7. The van der Waals surface area contributed by atoms with E-state index in [9.17, 15) is 14.4 Å². The molecule has 1 saturated carbocycles. The molecule has 35 heavy (non-hydrogen) atoms. The third-order valence-electron chi connectivity index (χ3n) is 5.96. The number of carbonyl (C=O) groups is 1. The lowest BCUT2D eigenvalue weighted by molar-refractivity contribution is -0.145. The van der Waals surface area contributed by atoms with Crippen molar-refractivity contribution in [3.05, 3.63) is 80.6 Å². The lowest BCUT2D eigenvalue weighted by Gasteiger charge is -2.17. The Bertz CT molecular complexity index is 1290. The average molecular weight is 479 g/mol. The number of rotatable bonds is 10. The summed E-state index contributed by atoms with van der Waals surface area (Å²) in [5.74, 6) is 0.352. The van der Waals surface area contributed by atoms with Crippen molar-refractivity contribution in [3.63, 3.8) is 0 Å². The molecule has 184 valence electrons. The van der Waals surface area contributed by atoms with E-state index in [1.165, 1.54) is 24.5 Å². The number of benzene rings is 2. The number of hydrogen-bond donors (Lipinski definition) is 1. The standard InChI is InChI=1S/C26H30N4O5/c1-17-4-6-19(7-5-17)15-29-24(27-21-10-12-22(13-11-21)35-16-20-8-9-20)28-25(32)30(26(29)33)14-18(2)23(31)34-3/h4-7,10-13,18,20H,8-9,14-16H2,1-3H3,(H,27,28,32)/t18-/m0/s1. The van der Waals surface area contributed by atoms with Crippen LogP contribution in [0.1, 0.15) is 30.9 Å². The number of carbonyl (C=O) groups excluding carboxylic acids is 1. The molecule has 1 atom stereocenters. The van der Waals surface area contributed by atoms with Crippen molar-refractivity contribution < 1.29 is 14.3 Å². The van der Waals surface area contributed by atoms with Crippen LogP contribution in [0.15, 0.2) is 58.1 Å². The van der Waals surface area contributed by atoms with E-state index in [2.05, 4.69) is 10.3 Å². The predicted molar refractivity (Wildman–Crippen MR) is 132 cm³/mol. The summed E-state index contributed by atoms with van der Waals surface area (Å²) in [4.78, 5) is 42.2. The molecule has 0 spiro atoms. The van der Waals surface area contributed by atoms with Gasteiger partial charge in [-0.15, -0.1) is 0 Å². The molecule has 1 aromatic heterocycles. The van der Waals surface area contributed by atoms with Gasteiger partial charge in [0.05, 0.1) is 26.2 Å². The minimum absolute atomic E-state index is 0.120. The van der Waals surface area contributed by atoms with E-state index in [4.69, 9.17) is 9.47 Å². The highest BCUT2D eigenvalue weighted by Crippen LogP contribution is 2.29. The fourth-order valence-electron chi connectivity index (χ4n) is 3.61. The Kier molecular flexibility index (Phi) is 7.33. The summed E-state index contributed by atoms with van der Waals surface area (Å²) >= 11 is 0. The Morgan fingerprint density at radius 3 is 2.40 bits per heavy atom. The van der Waals surface area contributed by atoms with Crippen molar-refractivity contribution in [1.29, 1.82) is 0 Å². The number of ether oxygens (including phenoxy) is 2. The average Bonchev–Trinajstić information content (AvgIpc) is 3.69. The zero-order valence-corrected chi connectivity index (χ0v) is 20.2. The molecule has 4 rings (SSSR count). The molecule has 1 aliphatic rings. The molecule has 9 nitrogen and oxygen atoms in total. The van der Waals surface area contributed by atoms with Gasteiger partial charge in [-0.1, -0.05) is 36.8 Å². The number of aryl methyl sites for hydroxylation is 1. The van der Waals surface area contributed by atoms with E-state index in [1.54, 1.807) is 6.92 Å². The van der Waals surface area contributed by atoms with E-state index in [0.717, 1.165) is 21.4 Å². The van der Waals surface area contributed by atoms with Gasteiger partial charge in [0.2, 0.25) is 5.95 Å². The lowest BCUT2D eigenvalue weighted by atomic mass is 10.1. The fourth-order valence-corrected chi connectivity index (χ4v) is 3.61. The van der Waals surface area contributed by atoms with Gasteiger partial charge in [0.1, 0.15) is 5.75 Å². The maximum atomic E-state index is 13.4. The van der Waals surface area contributed by atoms with Crippen molar-refractivity contribution >= 4 is 17.6 Å². The summed E-state index contributed by atoms with van der Waals surface area (Å²) in [5.41, 5.74) is 1.33. The highest BCUT2D eigenvalue weighted by Gasteiger charge is 2.22. The molecule has 0 aliphatic heterocycles. The van der Waals surface area contributed by atoms with E-state index in [-0.39, 0.29) is 19.0 Å². The SMILES string of the molecule is COC(=O)[C@@H](C)Cn1c(=O)nc(Nc2ccc(OCC3CC3)cc2)n(Cc2ccc(C)cc2)c1=O. The van der Waals surface area contributed by atoms with Gasteiger partial charge in [-0.25, -0.2) is 14.2 Å². The van der Waals surface area contributed by atoms with Crippen LogP contribution >= 0.6 is 0 Å². The summed E-state index contributed by atoms with van der Waals surface area (Å²) in [7, 11) is 1.27. The van der Waals surface area contributed by atoms with Gasteiger partial charge >= 0.3 is 17.3 Å². The van der Waals surface area contributed by atoms with Crippen molar-refractivity contribution in [2.24, 2.45) is 11.8 Å². The molecule has 0 unspecified atom stereocenters. The topological polar surface area (TPSA) is 104 Å². The Morgan fingerprint density at radius 2 is 1.77 bits per heavy atom. The van der Waals surface area contributed by atoms with Crippen molar-refractivity contribution in [1.82, 2.24) is 14.1 Å². The highest BCUT2D eigenvalue weighted by atomic mass is 16.5. The van der Waals surface area contributed by atoms with Crippen LogP contribution in [0.3, 0.4) is 0 Å². The second-order valence-electron chi connectivity index (χ2n) is 9.01. The predicted octanol–water partition coefficient (Wildman–Crippen LogP) is 3.10.